The van der Waals surface area contributed by atoms with E-state index in [1.807, 2.05) is 29.6 Å². The lowest BCUT2D eigenvalue weighted by Gasteiger charge is -2.28. The van der Waals surface area contributed by atoms with E-state index in [2.05, 4.69) is 32.5 Å². The quantitative estimate of drug-likeness (QED) is 0.639. The van der Waals surface area contributed by atoms with E-state index < -0.39 is 0 Å². The molecule has 6 nitrogen and oxygen atoms in total. The van der Waals surface area contributed by atoms with Gasteiger partial charge in [-0.15, -0.1) is 11.3 Å². The Morgan fingerprint density at radius 3 is 2.75 bits per heavy atom. The average molecular weight is 397 g/mol. The number of nitrogens with one attached hydrogen (secondary N) is 2. The summed E-state index contributed by atoms with van der Waals surface area (Å²) in [4.78, 5) is 16.2. The summed E-state index contributed by atoms with van der Waals surface area (Å²) in [6.07, 6.45) is 2.40. The lowest BCUT2D eigenvalue weighted by atomic mass is 10.1. The fraction of sp³-hybridized carbons (Fsp3) is 0.333. The maximum atomic E-state index is 12.6. The molecule has 0 aliphatic carbocycles. The maximum Gasteiger partial charge on any atom is 0.271 e. The molecule has 0 spiro atoms. The van der Waals surface area contributed by atoms with Crippen molar-refractivity contribution >= 4 is 17.2 Å². The lowest BCUT2D eigenvalue weighted by Crippen LogP contribution is -2.36. The Balaban J connectivity index is 1.45. The highest BCUT2D eigenvalue weighted by Gasteiger charge is 2.24. The highest BCUT2D eigenvalue weighted by atomic mass is 32.1. The van der Waals surface area contributed by atoms with Crippen molar-refractivity contribution in [2.24, 2.45) is 0 Å². The number of aromatic nitrogens is 2. The van der Waals surface area contributed by atoms with Crippen LogP contribution < -0.4 is 10.1 Å². The highest BCUT2D eigenvalue weighted by molar-refractivity contribution is 7.13. The van der Waals surface area contributed by atoms with Crippen LogP contribution in [0, 0.1) is 0 Å². The third-order valence-corrected chi connectivity index (χ3v) is 6.04. The third-order valence-electron chi connectivity index (χ3n) is 5.14. The van der Waals surface area contributed by atoms with Gasteiger partial charge in [0.2, 0.25) is 0 Å². The van der Waals surface area contributed by atoms with Gasteiger partial charge in [0.25, 0.3) is 5.91 Å². The van der Waals surface area contributed by atoms with Crippen molar-refractivity contribution in [1.82, 2.24) is 20.4 Å². The van der Waals surface area contributed by atoms with Crippen molar-refractivity contribution in [2.75, 3.05) is 26.7 Å². The Bertz CT molecular complexity index is 899. The Kier molecular flexibility index (Phi) is 5.73. The number of hydrogen-bond donors (Lipinski definition) is 2. The molecule has 1 amide bonds. The van der Waals surface area contributed by atoms with Crippen molar-refractivity contribution in [3.05, 3.63) is 59.1 Å². The number of carbonyl (C=O) groups is 1. The van der Waals surface area contributed by atoms with Crippen LogP contribution >= 0.6 is 11.3 Å². The summed E-state index contributed by atoms with van der Waals surface area (Å²) in [6, 6.07) is 14.0. The summed E-state index contributed by atoms with van der Waals surface area (Å²) < 4.78 is 5.27. The molecule has 28 heavy (non-hydrogen) atoms. The van der Waals surface area contributed by atoms with Crippen molar-refractivity contribution in [2.45, 2.75) is 18.9 Å². The number of likely N-dealkylation sites (tertiary alicyclic amines) is 1. The van der Waals surface area contributed by atoms with E-state index in [1.165, 1.54) is 18.4 Å². The molecule has 0 bridgehead atoms. The first kappa shape index (κ1) is 18.7. The number of carbonyl (C=O) groups excluding carboxylic acids is 1. The summed E-state index contributed by atoms with van der Waals surface area (Å²) >= 11 is 1.62. The van der Waals surface area contributed by atoms with Gasteiger partial charge >= 0.3 is 0 Å². The molecule has 146 valence electrons. The number of amides is 1. The molecular weight excluding hydrogens is 372 g/mol. The third kappa shape index (κ3) is 4.10. The normalized spacial score (nSPS) is 15.5. The Labute approximate surface area is 168 Å². The molecule has 1 atom stereocenters. The van der Waals surface area contributed by atoms with Gasteiger partial charge in [-0.25, -0.2) is 0 Å². The molecule has 2 N–H and O–H groups in total. The lowest BCUT2D eigenvalue weighted by molar-refractivity contribution is 0.0933. The molecule has 3 aromatic rings. The van der Waals surface area contributed by atoms with Crippen LogP contribution in [0.25, 0.3) is 10.6 Å². The molecule has 0 radical (unpaired) electrons. The fourth-order valence-corrected chi connectivity index (χ4v) is 4.31. The minimum atomic E-state index is -0.156. The second kappa shape index (κ2) is 8.58. The van der Waals surface area contributed by atoms with E-state index in [1.54, 1.807) is 24.5 Å². The van der Waals surface area contributed by atoms with Gasteiger partial charge < -0.3 is 10.1 Å². The number of thiophene rings is 1. The molecule has 1 unspecified atom stereocenters. The predicted molar refractivity (Wildman–Crippen MR) is 111 cm³/mol. The molecule has 1 aromatic carbocycles. The molecule has 1 saturated heterocycles. The summed E-state index contributed by atoms with van der Waals surface area (Å²) in [5.74, 6) is 0.683. The smallest absolute Gasteiger partial charge is 0.271 e. The second-order valence-electron chi connectivity index (χ2n) is 6.89. The fourth-order valence-electron chi connectivity index (χ4n) is 3.61. The molecule has 1 aliphatic rings. The van der Waals surface area contributed by atoms with Crippen molar-refractivity contribution in [3.63, 3.8) is 0 Å². The molecule has 2 aromatic heterocycles. The topological polar surface area (TPSA) is 70.2 Å². The largest absolute Gasteiger partial charge is 0.497 e. The zero-order valence-electron chi connectivity index (χ0n) is 15.9. The van der Waals surface area contributed by atoms with Crippen LogP contribution in [0.4, 0.5) is 0 Å². The van der Waals surface area contributed by atoms with Crippen LogP contribution in [-0.4, -0.2) is 47.7 Å². The maximum absolute atomic E-state index is 12.6. The van der Waals surface area contributed by atoms with Crippen LogP contribution in [-0.2, 0) is 0 Å². The average Bonchev–Trinajstić information content (AvgIpc) is 3.50. The summed E-state index contributed by atoms with van der Waals surface area (Å²) in [5.41, 5.74) is 2.47. The van der Waals surface area contributed by atoms with E-state index in [0.29, 0.717) is 12.2 Å². The monoisotopic (exact) mass is 396 g/mol. The number of methoxy groups -OCH3 is 1. The number of ether oxygens (including phenoxy) is 1. The molecule has 3 heterocycles. The summed E-state index contributed by atoms with van der Waals surface area (Å²) in [6.45, 7) is 2.65. The van der Waals surface area contributed by atoms with Gasteiger partial charge in [-0.1, -0.05) is 18.2 Å². The van der Waals surface area contributed by atoms with Crippen LogP contribution in [0.1, 0.15) is 34.9 Å². The zero-order valence-corrected chi connectivity index (χ0v) is 16.7. The first-order valence-electron chi connectivity index (χ1n) is 9.50. The van der Waals surface area contributed by atoms with Crippen LogP contribution in [0.5, 0.6) is 5.75 Å². The van der Waals surface area contributed by atoms with Crippen LogP contribution in [0.2, 0.25) is 0 Å². The van der Waals surface area contributed by atoms with Gasteiger partial charge in [-0.2, -0.15) is 5.10 Å². The molecule has 1 aliphatic heterocycles. The second-order valence-corrected chi connectivity index (χ2v) is 7.83. The minimum Gasteiger partial charge on any atom is -0.497 e. The SMILES string of the molecule is COc1ccc(C(CNC(=O)c2cc(-c3cccs3)[nH]n2)N2CCCC2)cc1. The van der Waals surface area contributed by atoms with Crippen molar-refractivity contribution in [3.8, 4) is 16.3 Å². The molecule has 7 heteroatoms. The number of nitrogens with zero attached hydrogens (tertiary/aromatic N) is 2. The predicted octanol–water partition coefficient (Wildman–Crippen LogP) is 3.71. The molecular formula is C21H24N4O2S. The highest BCUT2D eigenvalue weighted by Crippen LogP contribution is 2.27. The Morgan fingerprint density at radius 1 is 1.29 bits per heavy atom. The Morgan fingerprint density at radius 2 is 2.07 bits per heavy atom. The van der Waals surface area contributed by atoms with E-state index in [9.17, 15) is 4.79 Å². The zero-order chi connectivity index (χ0) is 19.3. The number of H-pyrrole nitrogens is 1. The van der Waals surface area contributed by atoms with Gasteiger partial charge in [0.1, 0.15) is 5.75 Å². The number of aromatic amines is 1. The molecule has 4 rings (SSSR count). The van der Waals surface area contributed by atoms with E-state index in [-0.39, 0.29) is 11.9 Å². The standard InChI is InChI=1S/C21H24N4O2S/c1-27-16-8-6-15(7-9-16)19(25-10-2-3-11-25)14-22-21(26)18-13-17(23-24-18)20-5-4-12-28-20/h4-9,12-13,19H,2-3,10-11,14H2,1H3,(H,22,26)(H,23,24). The van der Waals surface area contributed by atoms with Gasteiger partial charge in [-0.3, -0.25) is 14.8 Å². The van der Waals surface area contributed by atoms with Crippen LogP contribution in [0.3, 0.4) is 0 Å². The summed E-state index contributed by atoms with van der Waals surface area (Å²) in [5, 5.41) is 12.2. The van der Waals surface area contributed by atoms with Gasteiger partial charge in [0.15, 0.2) is 5.69 Å². The number of hydrogen-bond acceptors (Lipinski definition) is 5. The minimum absolute atomic E-state index is 0.146. The summed E-state index contributed by atoms with van der Waals surface area (Å²) in [7, 11) is 1.67. The van der Waals surface area contributed by atoms with Crippen molar-refractivity contribution < 1.29 is 9.53 Å². The van der Waals surface area contributed by atoms with Crippen LogP contribution in [0.15, 0.2) is 47.8 Å². The van der Waals surface area contributed by atoms with Gasteiger partial charge in [-0.05, 0) is 61.1 Å². The first-order valence-corrected chi connectivity index (χ1v) is 10.4. The van der Waals surface area contributed by atoms with Gasteiger partial charge in [0, 0.05) is 6.54 Å². The van der Waals surface area contributed by atoms with E-state index in [0.717, 1.165) is 29.4 Å². The number of benzene rings is 1. The van der Waals surface area contributed by atoms with E-state index in [4.69, 9.17) is 4.74 Å². The molecule has 1 fully saturated rings. The van der Waals surface area contributed by atoms with Crippen molar-refractivity contribution in [1.29, 1.82) is 0 Å². The first-order chi connectivity index (χ1) is 13.7. The molecule has 0 saturated carbocycles. The number of rotatable bonds is 7. The van der Waals surface area contributed by atoms with Gasteiger partial charge in [0.05, 0.1) is 23.7 Å². The van der Waals surface area contributed by atoms with E-state index >= 15 is 0 Å². The Hall–Kier alpha value is -2.64.